The van der Waals surface area contributed by atoms with Crippen molar-refractivity contribution in [3.8, 4) is 5.75 Å². The molecule has 0 amide bonds. The number of fused-ring (bicyclic) bond motifs is 5. The fourth-order valence-electron chi connectivity index (χ4n) is 5.14. The molecular formula is C27H36F3N7O. The normalized spacial score (nSPS) is 18.1. The van der Waals surface area contributed by atoms with Crippen LogP contribution in [-0.4, -0.2) is 52.4 Å². The van der Waals surface area contributed by atoms with E-state index in [4.69, 9.17) is 14.7 Å². The summed E-state index contributed by atoms with van der Waals surface area (Å²) in [6.07, 6.45) is 2.21. The standard InChI is InChI=1S/C27H36F3N7O/c1-18(2)22-16-33-37-24(22)34-26-35-25(37)32-15-20-6-7-21(27(28,29)30)14-23(20)38-13-5-3-4-12-36(26)17-19-8-10-31-11-9-19/h6-7,14,16,18-19,31H,3-5,8-13,15,17H2,1-2H3,(H,32,34,35). The van der Waals surface area contributed by atoms with Crippen molar-refractivity contribution in [2.75, 3.05) is 43.0 Å². The molecule has 2 aliphatic rings. The van der Waals surface area contributed by atoms with Crippen LogP contribution in [0.5, 0.6) is 5.75 Å². The number of nitrogens with one attached hydrogen (secondary N) is 2. The minimum absolute atomic E-state index is 0.224. The minimum atomic E-state index is -4.43. The fraction of sp³-hybridized carbons (Fsp3) is 0.593. The molecule has 206 valence electrons. The molecule has 1 fully saturated rings. The van der Waals surface area contributed by atoms with Crippen molar-refractivity contribution in [1.82, 2.24) is 24.9 Å². The largest absolute Gasteiger partial charge is 0.493 e. The van der Waals surface area contributed by atoms with Crippen molar-refractivity contribution in [2.24, 2.45) is 5.92 Å². The molecule has 3 aromatic rings. The molecule has 1 aromatic carbocycles. The summed E-state index contributed by atoms with van der Waals surface area (Å²) in [5, 5.41) is 11.3. The molecule has 0 spiro atoms. The van der Waals surface area contributed by atoms with Crippen LogP contribution in [-0.2, 0) is 12.7 Å². The molecule has 5 rings (SSSR count). The topological polar surface area (TPSA) is 79.6 Å². The summed E-state index contributed by atoms with van der Waals surface area (Å²) >= 11 is 0. The lowest BCUT2D eigenvalue weighted by Crippen LogP contribution is -2.37. The average Bonchev–Trinajstić information content (AvgIpc) is 3.33. The van der Waals surface area contributed by atoms with E-state index in [1.54, 1.807) is 4.52 Å². The Morgan fingerprint density at radius 2 is 1.92 bits per heavy atom. The van der Waals surface area contributed by atoms with Crippen molar-refractivity contribution in [1.29, 1.82) is 0 Å². The first kappa shape index (κ1) is 26.5. The third-order valence-electron chi connectivity index (χ3n) is 7.39. The molecule has 8 nitrogen and oxygen atoms in total. The minimum Gasteiger partial charge on any atom is -0.493 e. The zero-order valence-corrected chi connectivity index (χ0v) is 22.0. The maximum absolute atomic E-state index is 13.4. The zero-order valence-electron chi connectivity index (χ0n) is 22.0. The summed E-state index contributed by atoms with van der Waals surface area (Å²) in [4.78, 5) is 12.2. The lowest BCUT2D eigenvalue weighted by Gasteiger charge is -2.30. The second kappa shape index (κ2) is 11.3. The quantitative estimate of drug-likeness (QED) is 0.478. The fourth-order valence-corrected chi connectivity index (χ4v) is 5.14. The molecule has 0 aliphatic carbocycles. The predicted octanol–water partition coefficient (Wildman–Crippen LogP) is 5.25. The van der Waals surface area contributed by atoms with Crippen molar-refractivity contribution in [2.45, 2.75) is 64.6 Å². The van der Waals surface area contributed by atoms with Crippen molar-refractivity contribution >= 4 is 17.5 Å². The lowest BCUT2D eigenvalue weighted by molar-refractivity contribution is -0.137. The number of ether oxygens (including phenoxy) is 1. The Balaban J connectivity index is 1.53. The summed E-state index contributed by atoms with van der Waals surface area (Å²) in [7, 11) is 0. The number of piperidine rings is 1. The third kappa shape index (κ3) is 5.98. The first-order valence-corrected chi connectivity index (χ1v) is 13.6. The van der Waals surface area contributed by atoms with Gasteiger partial charge in [0, 0.05) is 30.8 Å². The molecule has 2 bridgehead atoms. The SMILES string of the molecule is CC(C)c1cnn2c3nc(nc12)N(CC1CCNCC1)CCCCCOc1cc(C(F)(F)F)ccc1CN3. The van der Waals surface area contributed by atoms with Gasteiger partial charge in [0.25, 0.3) is 0 Å². The van der Waals surface area contributed by atoms with Crippen molar-refractivity contribution in [3.63, 3.8) is 0 Å². The third-order valence-corrected chi connectivity index (χ3v) is 7.39. The molecule has 2 N–H and O–H groups in total. The van der Waals surface area contributed by atoms with Crippen LogP contribution in [0.3, 0.4) is 0 Å². The Morgan fingerprint density at radius 1 is 1.11 bits per heavy atom. The Hall–Kier alpha value is -3.08. The molecule has 0 radical (unpaired) electrons. The molecule has 1 saturated heterocycles. The summed E-state index contributed by atoms with van der Waals surface area (Å²) in [5.74, 6) is 2.21. The molecule has 0 saturated carbocycles. The average molecular weight is 532 g/mol. The number of aromatic nitrogens is 4. The van der Waals surface area contributed by atoms with Gasteiger partial charge in [0.1, 0.15) is 5.75 Å². The second-order valence-corrected chi connectivity index (χ2v) is 10.6. The molecule has 38 heavy (non-hydrogen) atoms. The van der Waals surface area contributed by atoms with E-state index < -0.39 is 11.7 Å². The number of benzene rings is 1. The summed E-state index contributed by atoms with van der Waals surface area (Å²) in [5.41, 5.74) is 1.69. The van der Waals surface area contributed by atoms with Gasteiger partial charge in [-0.3, -0.25) is 0 Å². The zero-order chi connectivity index (χ0) is 26.7. The number of rotatable bonds is 3. The first-order valence-electron chi connectivity index (χ1n) is 13.6. The van der Waals surface area contributed by atoms with Crippen molar-refractivity contribution < 1.29 is 17.9 Å². The summed E-state index contributed by atoms with van der Waals surface area (Å²) in [6, 6.07) is 3.66. The van der Waals surface area contributed by atoms with Crippen LogP contribution in [0.1, 0.15) is 68.6 Å². The van der Waals surface area contributed by atoms with Gasteiger partial charge in [0.2, 0.25) is 11.9 Å². The molecule has 2 aromatic heterocycles. The lowest BCUT2D eigenvalue weighted by atomic mass is 9.97. The number of hydrogen-bond acceptors (Lipinski definition) is 7. The Labute approximate surface area is 221 Å². The highest BCUT2D eigenvalue weighted by molar-refractivity contribution is 5.56. The van der Waals surface area contributed by atoms with E-state index in [9.17, 15) is 13.2 Å². The van der Waals surface area contributed by atoms with Gasteiger partial charge in [-0.15, -0.1) is 0 Å². The van der Waals surface area contributed by atoms with Gasteiger partial charge in [0.15, 0.2) is 5.65 Å². The van der Waals surface area contributed by atoms with Crippen LogP contribution in [0.2, 0.25) is 0 Å². The van der Waals surface area contributed by atoms with Crippen LogP contribution in [0.25, 0.3) is 5.65 Å². The van der Waals surface area contributed by atoms with Crippen LogP contribution in [0, 0.1) is 5.92 Å². The van der Waals surface area contributed by atoms with Gasteiger partial charge in [-0.1, -0.05) is 19.9 Å². The van der Waals surface area contributed by atoms with Gasteiger partial charge in [0.05, 0.1) is 18.4 Å². The number of hydrogen-bond donors (Lipinski definition) is 2. The van der Waals surface area contributed by atoms with Crippen LogP contribution in [0.15, 0.2) is 24.4 Å². The predicted molar refractivity (Wildman–Crippen MR) is 141 cm³/mol. The maximum atomic E-state index is 13.4. The highest BCUT2D eigenvalue weighted by atomic mass is 19.4. The number of halogens is 3. The summed E-state index contributed by atoms with van der Waals surface area (Å²) < 4.78 is 47.7. The molecule has 0 atom stereocenters. The van der Waals surface area contributed by atoms with E-state index in [-0.39, 0.29) is 18.2 Å². The van der Waals surface area contributed by atoms with Crippen LogP contribution in [0.4, 0.5) is 25.1 Å². The van der Waals surface area contributed by atoms with E-state index in [2.05, 4.69) is 34.5 Å². The Kier molecular flexibility index (Phi) is 7.92. The highest BCUT2D eigenvalue weighted by Crippen LogP contribution is 2.34. The highest BCUT2D eigenvalue weighted by Gasteiger charge is 2.31. The second-order valence-electron chi connectivity index (χ2n) is 10.6. The van der Waals surface area contributed by atoms with Gasteiger partial charge >= 0.3 is 6.18 Å². The molecule has 0 unspecified atom stereocenters. The monoisotopic (exact) mass is 531 g/mol. The summed E-state index contributed by atoms with van der Waals surface area (Å²) in [6.45, 7) is 8.57. The van der Waals surface area contributed by atoms with Crippen LogP contribution >= 0.6 is 0 Å². The number of nitrogens with zero attached hydrogens (tertiary/aromatic N) is 5. The smallest absolute Gasteiger partial charge is 0.416 e. The van der Waals surface area contributed by atoms with E-state index >= 15 is 0 Å². The van der Waals surface area contributed by atoms with E-state index in [0.29, 0.717) is 30.0 Å². The van der Waals surface area contributed by atoms with Gasteiger partial charge in [-0.2, -0.15) is 32.8 Å². The van der Waals surface area contributed by atoms with E-state index in [0.717, 1.165) is 81.6 Å². The maximum Gasteiger partial charge on any atom is 0.416 e. The van der Waals surface area contributed by atoms with Crippen molar-refractivity contribution in [3.05, 3.63) is 41.1 Å². The first-order chi connectivity index (χ1) is 18.3. The Bertz CT molecular complexity index is 1240. The number of anilines is 2. The van der Waals surface area contributed by atoms with E-state index in [1.165, 1.54) is 6.07 Å². The van der Waals surface area contributed by atoms with Gasteiger partial charge in [-0.05, 0) is 69.2 Å². The molecule has 11 heteroatoms. The molecular weight excluding hydrogens is 495 g/mol. The molecule has 2 aliphatic heterocycles. The van der Waals surface area contributed by atoms with Gasteiger partial charge < -0.3 is 20.3 Å². The van der Waals surface area contributed by atoms with E-state index in [1.807, 2.05) is 6.20 Å². The number of alkyl halides is 3. The van der Waals surface area contributed by atoms with Crippen LogP contribution < -0.4 is 20.3 Å². The van der Waals surface area contributed by atoms with Gasteiger partial charge in [-0.25, -0.2) is 0 Å². The molecule has 4 heterocycles. The Morgan fingerprint density at radius 3 is 2.68 bits per heavy atom.